The first-order chi connectivity index (χ1) is 22.5. The van der Waals surface area contributed by atoms with Gasteiger partial charge in [0.25, 0.3) is 0 Å². The van der Waals surface area contributed by atoms with E-state index in [1.54, 1.807) is 22.9 Å². The lowest BCUT2D eigenvalue weighted by Gasteiger charge is -2.33. The van der Waals surface area contributed by atoms with E-state index < -0.39 is 0 Å². The minimum Gasteiger partial charge on any atom is -0.484 e. The molecule has 0 radical (unpaired) electrons. The van der Waals surface area contributed by atoms with Crippen molar-refractivity contribution in [3.8, 4) is 5.75 Å². The summed E-state index contributed by atoms with van der Waals surface area (Å²) in [5.41, 5.74) is 3.86. The molecule has 2 unspecified atom stereocenters. The number of hydrogen-bond acceptors (Lipinski definition) is 6. The van der Waals surface area contributed by atoms with Crippen LogP contribution in [-0.2, 0) is 5.88 Å². The maximum absolute atomic E-state index is 13.4. The molecule has 0 spiro atoms. The van der Waals surface area contributed by atoms with Crippen LogP contribution in [0.2, 0.25) is 0 Å². The minimum absolute atomic E-state index is 0.200. The van der Waals surface area contributed by atoms with E-state index in [9.17, 15) is 4.79 Å². The summed E-state index contributed by atoms with van der Waals surface area (Å²) in [4.78, 5) is 20.2. The number of hydrogen-bond donors (Lipinski definition) is 5. The number of halogens is 1. The van der Waals surface area contributed by atoms with Crippen LogP contribution in [0.25, 0.3) is 0 Å². The molecule has 5 rings (SSSR count). The molecule has 1 aliphatic heterocycles. The Hall–Kier alpha value is -4.44. The zero-order valence-electron chi connectivity index (χ0n) is 27.4. The Morgan fingerprint density at radius 2 is 1.74 bits per heavy atom. The highest BCUT2D eigenvalue weighted by molar-refractivity contribution is 6.17. The summed E-state index contributed by atoms with van der Waals surface area (Å²) < 4.78 is 8.07. The van der Waals surface area contributed by atoms with Crippen molar-refractivity contribution in [3.63, 3.8) is 0 Å². The van der Waals surface area contributed by atoms with Gasteiger partial charge in [0.15, 0.2) is 0 Å². The van der Waals surface area contributed by atoms with E-state index in [4.69, 9.17) is 37.6 Å². The predicted molar refractivity (Wildman–Crippen MR) is 187 cm³/mol. The molecule has 0 saturated carbocycles. The van der Waals surface area contributed by atoms with Crippen LogP contribution in [0, 0.1) is 21.6 Å². The van der Waals surface area contributed by atoms with Crippen molar-refractivity contribution < 1.29 is 9.53 Å². The van der Waals surface area contributed by atoms with E-state index >= 15 is 0 Å². The average Bonchev–Trinajstić information content (AvgIpc) is 3.06. The highest BCUT2D eigenvalue weighted by Crippen LogP contribution is 2.38. The Labute approximate surface area is 281 Å². The molecule has 5 N–H and O–H groups in total. The molecule has 10 nitrogen and oxygen atoms in total. The van der Waals surface area contributed by atoms with Crippen molar-refractivity contribution in [2.75, 3.05) is 13.1 Å². The van der Waals surface area contributed by atoms with E-state index in [1.807, 2.05) is 74.2 Å². The van der Waals surface area contributed by atoms with Gasteiger partial charge in [-0.1, -0.05) is 57.2 Å². The summed E-state index contributed by atoms with van der Waals surface area (Å²) in [6, 6.07) is 18.3. The second-order valence-electron chi connectivity index (χ2n) is 13.2. The van der Waals surface area contributed by atoms with Gasteiger partial charge < -0.3 is 20.4 Å². The number of amides is 2. The molecule has 2 aromatic carbocycles. The fourth-order valence-electron chi connectivity index (χ4n) is 5.91. The number of carbonyl (C=O) groups excluding carboxylic acids is 1. The topological polar surface area (TPSA) is 142 Å². The van der Waals surface area contributed by atoms with Crippen LogP contribution in [0.5, 0.6) is 5.75 Å². The molecule has 0 bridgehead atoms. The molecule has 2 aliphatic rings. The van der Waals surface area contributed by atoms with Crippen LogP contribution in [0.4, 0.5) is 10.5 Å². The lowest BCUT2D eigenvalue weighted by Crippen LogP contribution is -2.43. The third-order valence-corrected chi connectivity index (χ3v) is 8.97. The number of amidine groups is 1. The Bertz CT molecular complexity index is 1700. The number of rotatable bonds is 7. The summed E-state index contributed by atoms with van der Waals surface area (Å²) in [6.45, 7) is 7.55. The van der Waals surface area contributed by atoms with Gasteiger partial charge in [0.05, 0.1) is 17.9 Å². The van der Waals surface area contributed by atoms with E-state index in [-0.39, 0.29) is 35.5 Å². The average molecular weight is 657 g/mol. The van der Waals surface area contributed by atoms with Crippen LogP contribution >= 0.6 is 11.6 Å². The number of carbonyl (C=O) groups is 1. The predicted octanol–water partition coefficient (Wildman–Crippen LogP) is 7.42. The van der Waals surface area contributed by atoms with Crippen molar-refractivity contribution in [1.82, 2.24) is 20.1 Å². The minimum atomic E-state index is -0.388. The third kappa shape index (κ3) is 8.68. The number of aliphatic imine (C=N–C) groups is 1. The van der Waals surface area contributed by atoms with Crippen LogP contribution in [0.1, 0.15) is 88.1 Å². The highest BCUT2D eigenvalue weighted by atomic mass is 35.5. The van der Waals surface area contributed by atoms with Crippen LogP contribution in [0.3, 0.4) is 0 Å². The van der Waals surface area contributed by atoms with Gasteiger partial charge in [0.1, 0.15) is 23.2 Å². The first-order valence-corrected chi connectivity index (χ1v) is 16.8. The summed E-state index contributed by atoms with van der Waals surface area (Å²) in [5.74, 6) is 1.63. The number of nitrogens with one attached hydrogen (secondary N) is 5. The van der Waals surface area contributed by atoms with Gasteiger partial charge in [-0.15, -0.1) is 11.6 Å². The molecular formula is C36H45ClN8O2. The first kappa shape index (κ1) is 33.9. The van der Waals surface area contributed by atoms with Gasteiger partial charge in [0.2, 0.25) is 5.96 Å². The van der Waals surface area contributed by atoms with E-state index in [2.05, 4.69) is 10.6 Å². The number of ether oxygens (including phenoxy) is 1. The Morgan fingerprint density at radius 1 is 1.00 bits per heavy atom. The maximum Gasteiger partial charge on any atom is 0.320 e. The lowest BCUT2D eigenvalue weighted by molar-refractivity contribution is 0.171. The molecule has 3 aromatic rings. The maximum atomic E-state index is 13.4. The van der Waals surface area contributed by atoms with Crippen molar-refractivity contribution in [2.45, 2.75) is 77.3 Å². The number of piperidine rings is 1. The molecule has 1 saturated heterocycles. The monoisotopic (exact) mass is 656 g/mol. The molecule has 1 aliphatic carbocycles. The number of nitrogens with zero attached hydrogens (tertiary/aromatic N) is 3. The van der Waals surface area contributed by atoms with Gasteiger partial charge in [-0.2, -0.15) is 0 Å². The largest absolute Gasteiger partial charge is 0.484 e. The van der Waals surface area contributed by atoms with Crippen LogP contribution in [-0.4, -0.2) is 46.1 Å². The second-order valence-corrected chi connectivity index (χ2v) is 13.5. The van der Waals surface area contributed by atoms with Gasteiger partial charge in [-0.05, 0) is 78.5 Å². The fraction of sp³-hybridized carbons (Fsp3) is 0.417. The smallest absolute Gasteiger partial charge is 0.320 e. The molecule has 1 aromatic heterocycles. The van der Waals surface area contributed by atoms with E-state index in [1.165, 1.54) is 6.42 Å². The number of pyridine rings is 1. The standard InChI is InChI=1S/C36H45ClN8O2/c1-36(2,3)31(38)21-33(41-25-11-9-10-24(20-25)22-37)43-35(46)42-29-15-16-30(28-13-6-5-12-27(28)29)47-26-14-17-32(39)45(23-26)34(40)44-18-7-4-8-19-44/h5-6,9-14,17,20,23,29-30,38-40H,4,7-8,15-16,18-19,21-22H2,1-3H3,(H2,41,42,43,46). The van der Waals surface area contributed by atoms with Gasteiger partial charge in [-0.25, -0.2) is 9.79 Å². The second kappa shape index (κ2) is 15.0. The molecule has 11 heteroatoms. The molecule has 1 fully saturated rings. The van der Waals surface area contributed by atoms with Gasteiger partial charge >= 0.3 is 6.03 Å². The van der Waals surface area contributed by atoms with Gasteiger partial charge in [0, 0.05) is 31.1 Å². The highest BCUT2D eigenvalue weighted by Gasteiger charge is 2.30. The number of fused-ring (bicyclic) bond motifs is 1. The van der Waals surface area contributed by atoms with Crippen molar-refractivity contribution in [1.29, 1.82) is 16.2 Å². The van der Waals surface area contributed by atoms with Crippen LogP contribution < -0.4 is 20.9 Å². The zero-order valence-corrected chi connectivity index (χ0v) is 28.2. The molecule has 248 valence electrons. The Kier molecular flexibility index (Phi) is 10.8. The van der Waals surface area contributed by atoms with Crippen molar-refractivity contribution in [3.05, 3.63) is 89.0 Å². The van der Waals surface area contributed by atoms with E-state index in [0.717, 1.165) is 42.6 Å². The SMILES string of the molecule is CC(C)(C)C(=N)CC(=Nc1cccc(CCl)c1)NC(=O)NC1CCC(Oc2ccc(=N)n(C(=N)N3CCCCC3)c2)c2ccccc21. The van der Waals surface area contributed by atoms with Crippen LogP contribution in [0.15, 0.2) is 71.9 Å². The fourth-order valence-corrected chi connectivity index (χ4v) is 6.07. The first-order valence-electron chi connectivity index (χ1n) is 16.3. The molecular weight excluding hydrogens is 612 g/mol. The lowest BCUT2D eigenvalue weighted by atomic mass is 9.85. The Balaban J connectivity index is 1.31. The summed E-state index contributed by atoms with van der Waals surface area (Å²) in [7, 11) is 0. The quantitative estimate of drug-likeness (QED) is 0.103. The molecule has 2 amide bonds. The zero-order chi connectivity index (χ0) is 33.6. The summed E-state index contributed by atoms with van der Waals surface area (Å²) in [6.07, 6.45) is 6.27. The molecule has 47 heavy (non-hydrogen) atoms. The third-order valence-electron chi connectivity index (χ3n) is 8.66. The number of alkyl halides is 1. The van der Waals surface area contributed by atoms with Crippen molar-refractivity contribution in [2.24, 2.45) is 10.4 Å². The van der Waals surface area contributed by atoms with Crippen molar-refractivity contribution >= 4 is 40.8 Å². The number of benzene rings is 2. The Morgan fingerprint density at radius 3 is 2.47 bits per heavy atom. The number of aromatic nitrogens is 1. The summed E-state index contributed by atoms with van der Waals surface area (Å²) in [5, 5.41) is 31.8. The molecule has 2 atom stereocenters. The number of likely N-dealkylation sites (tertiary alicyclic amines) is 1. The number of urea groups is 1. The van der Waals surface area contributed by atoms with E-state index in [0.29, 0.717) is 47.7 Å². The normalized spacial score (nSPS) is 18.2. The van der Waals surface area contributed by atoms with Gasteiger partial charge in [-0.3, -0.25) is 20.7 Å². The summed E-state index contributed by atoms with van der Waals surface area (Å²) >= 11 is 6.03. The molecule has 2 heterocycles.